The smallest absolute Gasteiger partial charge is 0.0664 e. The Morgan fingerprint density at radius 2 is 0.881 bits per heavy atom. The van der Waals surface area contributed by atoms with E-state index in [1.165, 1.54) is 51.4 Å². The normalized spacial score (nSPS) is 14.0. The molecule has 0 saturated carbocycles. The Morgan fingerprint density at radius 1 is 0.524 bits per heavy atom. The van der Waals surface area contributed by atoms with Crippen molar-refractivity contribution in [3.63, 3.8) is 0 Å². The van der Waals surface area contributed by atoms with E-state index in [1.807, 2.05) is 0 Å². The Bertz CT molecular complexity index is 593. The topological polar surface area (TPSA) is 67.8 Å². The van der Waals surface area contributed by atoms with E-state index in [0.29, 0.717) is 13.1 Å². The first-order valence-corrected chi connectivity index (χ1v) is 17.7. The molecule has 0 rings (SSSR count). The third kappa shape index (κ3) is 33.3. The molecule has 42 heavy (non-hydrogen) atoms. The van der Waals surface area contributed by atoms with Crippen molar-refractivity contribution in [2.75, 3.05) is 46.3 Å². The van der Waals surface area contributed by atoms with Crippen LogP contribution in [0.2, 0.25) is 0 Å². The maximum atomic E-state index is 10.2. The highest BCUT2D eigenvalue weighted by molar-refractivity contribution is 4.93. The van der Waals surface area contributed by atoms with Crippen molar-refractivity contribution in [3.8, 4) is 0 Å². The number of likely N-dealkylation sites (N-methyl/N-ethyl adjacent to an activating group) is 1. The molecule has 0 aliphatic carbocycles. The fourth-order valence-electron chi connectivity index (χ4n) is 4.72. The minimum Gasteiger partial charge on any atom is -0.392 e. The van der Waals surface area contributed by atoms with Gasteiger partial charge in [0.1, 0.15) is 0 Å². The molecule has 0 amide bonds. The molecule has 246 valence electrons. The summed E-state index contributed by atoms with van der Waals surface area (Å²) in [5.41, 5.74) is 0. The largest absolute Gasteiger partial charge is 0.392 e. The van der Waals surface area contributed by atoms with Crippen molar-refractivity contribution in [3.05, 3.63) is 48.6 Å². The number of hydrogen-bond donors (Lipinski definition) is 4. The molecular weight excluding hydrogens is 518 g/mol. The van der Waals surface area contributed by atoms with Gasteiger partial charge in [-0.05, 0) is 84.1 Å². The van der Waals surface area contributed by atoms with Crippen LogP contribution in [-0.4, -0.2) is 73.6 Å². The first-order chi connectivity index (χ1) is 20.6. The van der Waals surface area contributed by atoms with Gasteiger partial charge in [0.25, 0.3) is 0 Å². The summed E-state index contributed by atoms with van der Waals surface area (Å²) in [6.07, 6.45) is 38.5. The number of unbranched alkanes of at least 4 members (excludes halogenated alkanes) is 10. The van der Waals surface area contributed by atoms with E-state index < -0.39 is 0 Å². The van der Waals surface area contributed by atoms with E-state index in [0.717, 1.165) is 90.4 Å². The summed E-state index contributed by atoms with van der Waals surface area (Å²) in [5.74, 6) is 0. The summed E-state index contributed by atoms with van der Waals surface area (Å²) in [5, 5.41) is 27.2. The predicted octanol–water partition coefficient (Wildman–Crippen LogP) is 8.11. The Kier molecular flexibility index (Phi) is 33.2. The number of aliphatic hydroxyl groups is 2. The van der Waals surface area contributed by atoms with Crippen LogP contribution in [0.4, 0.5) is 0 Å². The highest BCUT2D eigenvalue weighted by Gasteiger charge is 2.05. The van der Waals surface area contributed by atoms with Crippen LogP contribution < -0.4 is 10.6 Å². The molecule has 0 aromatic rings. The van der Waals surface area contributed by atoms with Crippen molar-refractivity contribution < 1.29 is 10.2 Å². The van der Waals surface area contributed by atoms with Crippen molar-refractivity contribution >= 4 is 0 Å². The molecule has 0 fully saturated rings. The molecule has 5 heteroatoms. The first kappa shape index (κ1) is 40.8. The summed E-state index contributed by atoms with van der Waals surface area (Å²) in [6, 6.07) is 0. The summed E-state index contributed by atoms with van der Waals surface area (Å²) in [7, 11) is 2.13. The Hall–Kier alpha value is -1.24. The van der Waals surface area contributed by atoms with Crippen molar-refractivity contribution in [2.24, 2.45) is 0 Å². The van der Waals surface area contributed by atoms with Gasteiger partial charge < -0.3 is 25.7 Å². The second kappa shape index (κ2) is 34.3. The zero-order valence-electron chi connectivity index (χ0n) is 28.1. The number of allylic oxidation sites excluding steroid dienone is 8. The van der Waals surface area contributed by atoms with Crippen molar-refractivity contribution in [2.45, 2.75) is 142 Å². The molecule has 4 N–H and O–H groups in total. The lowest BCUT2D eigenvalue weighted by Gasteiger charge is -2.19. The number of rotatable bonds is 32. The fraction of sp³-hybridized carbons (Fsp3) is 0.784. The third-order valence-electron chi connectivity index (χ3n) is 7.58. The molecule has 5 nitrogen and oxygen atoms in total. The molecule has 2 atom stereocenters. The fourth-order valence-corrected chi connectivity index (χ4v) is 4.72. The van der Waals surface area contributed by atoms with Crippen LogP contribution in [-0.2, 0) is 0 Å². The van der Waals surface area contributed by atoms with Gasteiger partial charge in [0.05, 0.1) is 12.2 Å². The van der Waals surface area contributed by atoms with Gasteiger partial charge in [-0.3, -0.25) is 0 Å². The summed E-state index contributed by atoms with van der Waals surface area (Å²) in [4.78, 5) is 2.29. The number of nitrogens with one attached hydrogen (secondary N) is 2. The van der Waals surface area contributed by atoms with Gasteiger partial charge in [-0.25, -0.2) is 0 Å². The van der Waals surface area contributed by atoms with E-state index in [2.05, 4.69) is 85.0 Å². The zero-order chi connectivity index (χ0) is 30.8. The van der Waals surface area contributed by atoms with Gasteiger partial charge in [-0.2, -0.15) is 0 Å². The monoisotopic (exact) mass is 590 g/mol. The van der Waals surface area contributed by atoms with Gasteiger partial charge in [-0.1, -0.05) is 101 Å². The Labute approximate surface area is 262 Å². The van der Waals surface area contributed by atoms with Crippen LogP contribution in [0.3, 0.4) is 0 Å². The second-order valence-corrected chi connectivity index (χ2v) is 11.9. The Balaban J connectivity index is 3.50. The quantitative estimate of drug-likeness (QED) is 0.0471. The van der Waals surface area contributed by atoms with Crippen LogP contribution in [0.5, 0.6) is 0 Å². The third-order valence-corrected chi connectivity index (χ3v) is 7.58. The first-order valence-electron chi connectivity index (χ1n) is 17.7. The van der Waals surface area contributed by atoms with Gasteiger partial charge in [0, 0.05) is 39.3 Å². The maximum absolute atomic E-state index is 10.2. The van der Waals surface area contributed by atoms with Gasteiger partial charge in [0.15, 0.2) is 0 Å². The molecule has 0 saturated heterocycles. The lowest BCUT2D eigenvalue weighted by molar-refractivity contribution is 0.155. The van der Waals surface area contributed by atoms with E-state index >= 15 is 0 Å². The van der Waals surface area contributed by atoms with Crippen molar-refractivity contribution in [1.29, 1.82) is 0 Å². The Morgan fingerprint density at radius 3 is 1.24 bits per heavy atom. The molecule has 0 aliphatic rings. The molecule has 0 heterocycles. The highest BCUT2D eigenvalue weighted by Crippen LogP contribution is 2.06. The molecule has 0 radical (unpaired) electrons. The summed E-state index contributed by atoms with van der Waals surface area (Å²) >= 11 is 0. The molecular formula is C37H71N3O2. The van der Waals surface area contributed by atoms with Gasteiger partial charge >= 0.3 is 0 Å². The zero-order valence-corrected chi connectivity index (χ0v) is 28.1. The van der Waals surface area contributed by atoms with Crippen LogP contribution >= 0.6 is 0 Å². The lowest BCUT2D eigenvalue weighted by Crippen LogP contribution is -2.38. The predicted molar refractivity (Wildman–Crippen MR) is 186 cm³/mol. The molecule has 0 aromatic heterocycles. The standard InChI is InChI=1S/C37H71N3O2/c1-4-6-8-10-12-14-16-18-20-22-24-26-28-36(41)34-38-30-32-40(3)33-31-39-35-37(42)29-27-25-23-21-19-17-15-13-11-9-7-5-2/h12-15,18-21,36-39,41-42H,4-11,16-17,22-35H2,1-3H3/b14-12-,15-13-,20-18-,21-19-. The van der Waals surface area contributed by atoms with Crippen LogP contribution in [0.25, 0.3) is 0 Å². The maximum Gasteiger partial charge on any atom is 0.0664 e. The van der Waals surface area contributed by atoms with E-state index in [4.69, 9.17) is 0 Å². The molecule has 0 aliphatic heterocycles. The average Bonchev–Trinajstić information content (AvgIpc) is 2.98. The molecule has 0 spiro atoms. The minimum absolute atomic E-state index is 0.258. The number of aliphatic hydroxyl groups excluding tert-OH is 2. The number of hydrogen-bond acceptors (Lipinski definition) is 5. The molecule has 0 bridgehead atoms. The molecule has 2 unspecified atom stereocenters. The van der Waals surface area contributed by atoms with Crippen LogP contribution in [0, 0.1) is 0 Å². The van der Waals surface area contributed by atoms with Crippen molar-refractivity contribution in [1.82, 2.24) is 15.5 Å². The van der Waals surface area contributed by atoms with E-state index in [9.17, 15) is 10.2 Å². The average molecular weight is 590 g/mol. The van der Waals surface area contributed by atoms with E-state index in [-0.39, 0.29) is 12.2 Å². The van der Waals surface area contributed by atoms with Crippen LogP contribution in [0.15, 0.2) is 48.6 Å². The summed E-state index contributed by atoms with van der Waals surface area (Å²) in [6.45, 7) is 9.51. The SMILES string of the molecule is CCCCC/C=C\C/C=C\CCCCC(O)CNCCN(C)CCNCC(O)CCCC/C=C\C/C=C\CCCCC. The summed E-state index contributed by atoms with van der Waals surface area (Å²) < 4.78 is 0. The van der Waals surface area contributed by atoms with Crippen LogP contribution in [0.1, 0.15) is 129 Å². The lowest BCUT2D eigenvalue weighted by atomic mass is 10.1. The minimum atomic E-state index is -0.258. The molecule has 0 aromatic carbocycles. The highest BCUT2D eigenvalue weighted by atomic mass is 16.3. The van der Waals surface area contributed by atoms with Gasteiger partial charge in [-0.15, -0.1) is 0 Å². The van der Waals surface area contributed by atoms with E-state index in [1.54, 1.807) is 0 Å². The van der Waals surface area contributed by atoms with Gasteiger partial charge in [0.2, 0.25) is 0 Å². The second-order valence-electron chi connectivity index (χ2n) is 11.9. The number of nitrogens with zero attached hydrogens (tertiary/aromatic N) is 1.